The molecule has 3 nitrogen and oxygen atoms in total. The average molecular weight is 236 g/mol. The highest BCUT2D eigenvalue weighted by molar-refractivity contribution is 6.30. The molecule has 0 unspecified atom stereocenters. The van der Waals surface area contributed by atoms with E-state index in [0.717, 1.165) is 6.08 Å². The van der Waals surface area contributed by atoms with E-state index in [9.17, 15) is 9.18 Å². The van der Waals surface area contributed by atoms with E-state index >= 15 is 0 Å². The van der Waals surface area contributed by atoms with Gasteiger partial charge in [0.15, 0.2) is 0 Å². The number of aliphatic hydroxyl groups excluding tert-OH is 1. The minimum absolute atomic E-state index is 0.139. The zero-order valence-electron chi connectivity index (χ0n) is 8.59. The summed E-state index contributed by atoms with van der Waals surface area (Å²) in [6, 6.07) is 0. The van der Waals surface area contributed by atoms with Crippen LogP contribution in [0.15, 0.2) is 22.8 Å². The van der Waals surface area contributed by atoms with Gasteiger partial charge in [0, 0.05) is 17.2 Å². The molecule has 0 fully saturated rings. The Hall–Kier alpha value is -0.870. The third-order valence-electron chi connectivity index (χ3n) is 1.61. The van der Waals surface area contributed by atoms with Gasteiger partial charge in [0.2, 0.25) is 0 Å². The number of amides is 1. The number of hydrogen-bond donors (Lipinski definition) is 2. The molecule has 86 valence electrons. The summed E-state index contributed by atoms with van der Waals surface area (Å²) in [6.45, 7) is 1.09. The number of rotatable bonds is 6. The van der Waals surface area contributed by atoms with Gasteiger partial charge in [-0.15, -0.1) is 0 Å². The highest BCUT2D eigenvalue weighted by Gasteiger charge is 2.06. The summed E-state index contributed by atoms with van der Waals surface area (Å²) in [5, 5.41) is 11.4. The molecule has 15 heavy (non-hydrogen) atoms. The lowest BCUT2D eigenvalue weighted by Gasteiger charge is -2.04. The summed E-state index contributed by atoms with van der Waals surface area (Å²) in [6.07, 6.45) is 3.15. The van der Waals surface area contributed by atoms with Gasteiger partial charge in [-0.2, -0.15) is 0 Å². The smallest absolute Gasteiger partial charge is 0.251 e. The van der Waals surface area contributed by atoms with Gasteiger partial charge in [0.25, 0.3) is 5.91 Å². The molecule has 0 atom stereocenters. The lowest BCUT2D eigenvalue weighted by molar-refractivity contribution is -0.117. The fourth-order valence-electron chi connectivity index (χ4n) is 0.843. The number of carbonyl (C=O) groups excluding carboxylic acids is 1. The molecule has 1 amide bonds. The number of allylic oxidation sites excluding steroid dienone is 2. The second-order valence-electron chi connectivity index (χ2n) is 2.74. The van der Waals surface area contributed by atoms with Crippen molar-refractivity contribution in [2.45, 2.75) is 13.3 Å². The van der Waals surface area contributed by atoms with Crippen molar-refractivity contribution >= 4 is 17.5 Å². The molecule has 0 radical (unpaired) electrons. The number of hydrogen-bond acceptors (Lipinski definition) is 2. The van der Waals surface area contributed by atoms with Crippen molar-refractivity contribution in [3.8, 4) is 0 Å². The van der Waals surface area contributed by atoms with Gasteiger partial charge in [-0.3, -0.25) is 4.79 Å². The van der Waals surface area contributed by atoms with Crippen molar-refractivity contribution in [2.24, 2.45) is 0 Å². The SMILES string of the molecule is CC/C(Cl)=C\C(=C/CF)C(=O)NCCO. The molecule has 0 bridgehead atoms. The topological polar surface area (TPSA) is 49.3 Å². The molecule has 5 heteroatoms. The molecule has 0 aliphatic carbocycles. The first-order valence-corrected chi connectivity index (χ1v) is 5.04. The van der Waals surface area contributed by atoms with E-state index in [4.69, 9.17) is 16.7 Å². The van der Waals surface area contributed by atoms with Gasteiger partial charge in [-0.1, -0.05) is 18.5 Å². The molecule has 0 spiro atoms. The molecule has 2 N–H and O–H groups in total. The van der Waals surface area contributed by atoms with E-state index in [0.29, 0.717) is 11.5 Å². The summed E-state index contributed by atoms with van der Waals surface area (Å²) in [7, 11) is 0. The van der Waals surface area contributed by atoms with Gasteiger partial charge in [-0.25, -0.2) is 4.39 Å². The minimum atomic E-state index is -0.730. The molecule has 0 heterocycles. The van der Waals surface area contributed by atoms with E-state index in [1.54, 1.807) is 0 Å². The Morgan fingerprint density at radius 2 is 2.27 bits per heavy atom. The summed E-state index contributed by atoms with van der Waals surface area (Å²) in [5.74, 6) is -0.437. The second kappa shape index (κ2) is 8.44. The van der Waals surface area contributed by atoms with Gasteiger partial charge >= 0.3 is 0 Å². The summed E-state index contributed by atoms with van der Waals surface area (Å²) in [5.41, 5.74) is 0.179. The maximum absolute atomic E-state index is 12.1. The maximum Gasteiger partial charge on any atom is 0.251 e. The third-order valence-corrected chi connectivity index (χ3v) is 1.98. The molecular formula is C10H15ClFNO2. The number of alkyl halides is 1. The van der Waals surface area contributed by atoms with Crippen LogP contribution < -0.4 is 5.32 Å². The Morgan fingerprint density at radius 1 is 1.60 bits per heavy atom. The van der Waals surface area contributed by atoms with Crippen molar-refractivity contribution in [1.29, 1.82) is 0 Å². The Balaban J connectivity index is 4.53. The average Bonchev–Trinajstić information content (AvgIpc) is 2.24. The fourth-order valence-corrected chi connectivity index (χ4v) is 0.960. The van der Waals surface area contributed by atoms with Gasteiger partial charge in [0.05, 0.1) is 6.61 Å². The van der Waals surface area contributed by atoms with Crippen molar-refractivity contribution in [1.82, 2.24) is 5.32 Å². The Bertz CT molecular complexity index is 264. The molecule has 0 rings (SSSR count). The molecule has 0 aromatic carbocycles. The predicted molar refractivity (Wildman–Crippen MR) is 58.4 cm³/mol. The van der Waals surface area contributed by atoms with E-state index in [-0.39, 0.29) is 18.7 Å². The van der Waals surface area contributed by atoms with Gasteiger partial charge < -0.3 is 10.4 Å². The van der Waals surface area contributed by atoms with Gasteiger partial charge in [-0.05, 0) is 18.6 Å². The zero-order chi connectivity index (χ0) is 11.7. The second-order valence-corrected chi connectivity index (χ2v) is 3.22. The standard InChI is InChI=1S/C10H15ClFNO2/c1-2-9(11)7-8(3-4-12)10(15)13-5-6-14/h3,7,14H,2,4-6H2,1H3,(H,13,15)/b8-3+,9-7+. The highest BCUT2D eigenvalue weighted by atomic mass is 35.5. The van der Waals surface area contributed by atoms with Gasteiger partial charge in [0.1, 0.15) is 6.67 Å². The molecular weight excluding hydrogens is 221 g/mol. The van der Waals surface area contributed by atoms with Crippen molar-refractivity contribution in [3.63, 3.8) is 0 Å². The molecule has 0 saturated heterocycles. The normalized spacial score (nSPS) is 12.8. The van der Waals surface area contributed by atoms with E-state index < -0.39 is 12.6 Å². The van der Waals surface area contributed by atoms with Crippen LogP contribution in [0.4, 0.5) is 4.39 Å². The van der Waals surface area contributed by atoms with Crippen molar-refractivity contribution in [3.05, 3.63) is 22.8 Å². The summed E-state index contributed by atoms with van der Waals surface area (Å²) >= 11 is 5.74. The first kappa shape index (κ1) is 14.1. The summed E-state index contributed by atoms with van der Waals surface area (Å²) < 4.78 is 12.1. The highest BCUT2D eigenvalue weighted by Crippen LogP contribution is 2.10. The Morgan fingerprint density at radius 3 is 2.73 bits per heavy atom. The fraction of sp³-hybridized carbons (Fsp3) is 0.500. The van der Waals surface area contributed by atoms with E-state index in [2.05, 4.69) is 5.32 Å². The quantitative estimate of drug-likeness (QED) is 0.542. The lowest BCUT2D eigenvalue weighted by Crippen LogP contribution is -2.27. The van der Waals surface area contributed by atoms with Crippen LogP contribution in [0.5, 0.6) is 0 Å². The van der Waals surface area contributed by atoms with Crippen LogP contribution in [0, 0.1) is 0 Å². The Labute approximate surface area is 93.6 Å². The number of carbonyl (C=O) groups is 1. The first-order valence-electron chi connectivity index (χ1n) is 4.67. The van der Waals surface area contributed by atoms with Crippen LogP contribution in [0.2, 0.25) is 0 Å². The monoisotopic (exact) mass is 235 g/mol. The van der Waals surface area contributed by atoms with Crippen LogP contribution >= 0.6 is 11.6 Å². The molecule has 0 aromatic rings. The third kappa shape index (κ3) is 6.25. The molecule has 0 aromatic heterocycles. The largest absolute Gasteiger partial charge is 0.395 e. The minimum Gasteiger partial charge on any atom is -0.395 e. The Kier molecular flexibility index (Phi) is 7.95. The van der Waals surface area contributed by atoms with E-state index in [1.807, 2.05) is 6.92 Å². The predicted octanol–water partition coefficient (Wildman–Crippen LogP) is 1.52. The summed E-state index contributed by atoms with van der Waals surface area (Å²) in [4.78, 5) is 11.4. The van der Waals surface area contributed by atoms with Crippen LogP contribution in [0.25, 0.3) is 0 Å². The van der Waals surface area contributed by atoms with Crippen molar-refractivity contribution in [2.75, 3.05) is 19.8 Å². The van der Waals surface area contributed by atoms with E-state index in [1.165, 1.54) is 6.08 Å². The number of nitrogens with one attached hydrogen (secondary N) is 1. The maximum atomic E-state index is 12.1. The van der Waals surface area contributed by atoms with Crippen LogP contribution in [-0.4, -0.2) is 30.8 Å². The zero-order valence-corrected chi connectivity index (χ0v) is 9.35. The van der Waals surface area contributed by atoms with Crippen LogP contribution in [0.1, 0.15) is 13.3 Å². The van der Waals surface area contributed by atoms with Crippen molar-refractivity contribution < 1.29 is 14.3 Å². The van der Waals surface area contributed by atoms with Crippen LogP contribution in [0.3, 0.4) is 0 Å². The first-order chi connectivity index (χ1) is 7.15. The van der Waals surface area contributed by atoms with Crippen LogP contribution in [-0.2, 0) is 4.79 Å². The molecule has 0 aliphatic rings. The molecule has 0 saturated carbocycles. The number of aliphatic hydroxyl groups is 1. The molecule has 0 aliphatic heterocycles. The lowest BCUT2D eigenvalue weighted by atomic mass is 10.2. The number of halogens is 2.